The van der Waals surface area contributed by atoms with Gasteiger partial charge in [-0.15, -0.1) is 0 Å². The van der Waals surface area contributed by atoms with Crippen LogP contribution in [0.15, 0.2) is 24.3 Å². The number of nitrogens with one attached hydrogen (secondary N) is 1. The Morgan fingerprint density at radius 3 is 2.12 bits per heavy atom. The van der Waals surface area contributed by atoms with E-state index < -0.39 is 17.8 Å². The number of benzene rings is 1. The molecule has 0 saturated heterocycles. The first kappa shape index (κ1) is 21.7. The van der Waals surface area contributed by atoms with Crippen LogP contribution in [-0.2, 0) is 23.9 Å². The Morgan fingerprint density at radius 2 is 1.58 bits per heavy atom. The number of anilines is 1. The van der Waals surface area contributed by atoms with Crippen LogP contribution in [0.25, 0.3) is 0 Å². The molecule has 0 bridgehead atoms. The van der Waals surface area contributed by atoms with Gasteiger partial charge in [-0.05, 0) is 38.8 Å². The van der Waals surface area contributed by atoms with E-state index in [1.807, 2.05) is 19.1 Å². The third-order valence-electron chi connectivity index (χ3n) is 4.24. The molecule has 1 aromatic rings. The standard InChI is InChI=1S/C20H29NO5/c1-6-25-17(22)12-14(4)18(20(24)26-7-2)15(5)19(23)21-16-10-8-13(3)9-11-16/h8-11,14-15,18H,6-7,12H2,1-5H3,(H,21,23). The quantitative estimate of drug-likeness (QED) is 0.681. The number of ether oxygens (including phenoxy) is 2. The zero-order valence-electron chi connectivity index (χ0n) is 16.2. The molecule has 26 heavy (non-hydrogen) atoms. The van der Waals surface area contributed by atoms with E-state index in [0.717, 1.165) is 5.56 Å². The predicted molar refractivity (Wildman–Crippen MR) is 99.5 cm³/mol. The van der Waals surface area contributed by atoms with Gasteiger partial charge in [0.25, 0.3) is 0 Å². The molecule has 1 amide bonds. The zero-order chi connectivity index (χ0) is 19.7. The molecule has 0 aliphatic rings. The molecule has 0 aliphatic heterocycles. The Bertz CT molecular complexity index is 611. The number of esters is 2. The van der Waals surface area contributed by atoms with E-state index in [4.69, 9.17) is 9.47 Å². The van der Waals surface area contributed by atoms with Gasteiger partial charge < -0.3 is 14.8 Å². The first-order valence-corrected chi connectivity index (χ1v) is 8.99. The molecule has 1 aromatic carbocycles. The number of carbonyl (C=O) groups is 3. The highest BCUT2D eigenvalue weighted by atomic mass is 16.5. The van der Waals surface area contributed by atoms with Gasteiger partial charge in [0.15, 0.2) is 0 Å². The van der Waals surface area contributed by atoms with Gasteiger partial charge in [-0.2, -0.15) is 0 Å². The maximum atomic E-state index is 12.6. The summed E-state index contributed by atoms with van der Waals surface area (Å²) < 4.78 is 10.1. The van der Waals surface area contributed by atoms with Gasteiger partial charge in [0, 0.05) is 18.0 Å². The number of carbonyl (C=O) groups excluding carboxylic acids is 3. The van der Waals surface area contributed by atoms with Gasteiger partial charge in [0.2, 0.25) is 5.91 Å². The summed E-state index contributed by atoms with van der Waals surface area (Å²) in [5, 5.41) is 2.82. The highest BCUT2D eigenvalue weighted by molar-refractivity contribution is 5.95. The van der Waals surface area contributed by atoms with Crippen LogP contribution in [0.2, 0.25) is 0 Å². The normalized spacial score (nSPS) is 14.0. The van der Waals surface area contributed by atoms with Gasteiger partial charge in [-0.3, -0.25) is 14.4 Å². The summed E-state index contributed by atoms with van der Waals surface area (Å²) in [6.45, 7) is 9.32. The fourth-order valence-corrected chi connectivity index (χ4v) is 2.83. The zero-order valence-corrected chi connectivity index (χ0v) is 16.2. The van der Waals surface area contributed by atoms with Crippen molar-refractivity contribution in [3.63, 3.8) is 0 Å². The van der Waals surface area contributed by atoms with Crippen LogP contribution in [0.4, 0.5) is 5.69 Å². The summed E-state index contributed by atoms with van der Waals surface area (Å²) in [7, 11) is 0. The molecule has 6 nitrogen and oxygen atoms in total. The van der Waals surface area contributed by atoms with Crippen molar-refractivity contribution in [1.82, 2.24) is 0 Å². The molecular formula is C20H29NO5. The minimum Gasteiger partial charge on any atom is -0.466 e. The fraction of sp³-hybridized carbons (Fsp3) is 0.550. The molecule has 0 spiro atoms. The van der Waals surface area contributed by atoms with Crippen LogP contribution in [0.5, 0.6) is 0 Å². The highest BCUT2D eigenvalue weighted by Gasteiger charge is 2.37. The molecule has 1 N–H and O–H groups in total. The first-order chi connectivity index (χ1) is 12.3. The summed E-state index contributed by atoms with van der Waals surface area (Å²) in [6.07, 6.45) is 0.0550. The Hall–Kier alpha value is -2.37. The van der Waals surface area contributed by atoms with Crippen molar-refractivity contribution in [1.29, 1.82) is 0 Å². The summed E-state index contributed by atoms with van der Waals surface area (Å²) in [6, 6.07) is 7.40. The van der Waals surface area contributed by atoms with Crippen LogP contribution in [0.3, 0.4) is 0 Å². The minimum absolute atomic E-state index is 0.0550. The summed E-state index contributed by atoms with van der Waals surface area (Å²) in [4.78, 5) is 36.8. The topological polar surface area (TPSA) is 81.7 Å². The van der Waals surface area contributed by atoms with Crippen molar-refractivity contribution < 1.29 is 23.9 Å². The molecule has 0 radical (unpaired) electrons. The SMILES string of the molecule is CCOC(=O)CC(C)C(C(=O)OCC)C(C)C(=O)Nc1ccc(C)cc1. The van der Waals surface area contributed by atoms with Crippen molar-refractivity contribution in [2.24, 2.45) is 17.8 Å². The fourth-order valence-electron chi connectivity index (χ4n) is 2.83. The average Bonchev–Trinajstić information content (AvgIpc) is 2.57. The lowest BCUT2D eigenvalue weighted by atomic mass is 9.81. The molecular weight excluding hydrogens is 334 g/mol. The molecule has 3 atom stereocenters. The first-order valence-electron chi connectivity index (χ1n) is 8.99. The van der Waals surface area contributed by atoms with Crippen molar-refractivity contribution in [3.05, 3.63) is 29.8 Å². The molecule has 0 fully saturated rings. The summed E-state index contributed by atoms with van der Waals surface area (Å²) >= 11 is 0. The number of aryl methyl sites for hydroxylation is 1. The van der Waals surface area contributed by atoms with Gasteiger partial charge in [-0.25, -0.2) is 0 Å². The second kappa shape index (κ2) is 10.6. The molecule has 144 valence electrons. The van der Waals surface area contributed by atoms with E-state index >= 15 is 0 Å². The summed E-state index contributed by atoms with van der Waals surface area (Å²) in [5.41, 5.74) is 1.75. The van der Waals surface area contributed by atoms with Crippen molar-refractivity contribution in [2.75, 3.05) is 18.5 Å². The van der Waals surface area contributed by atoms with Gasteiger partial charge in [0.05, 0.1) is 19.1 Å². The smallest absolute Gasteiger partial charge is 0.310 e. The lowest BCUT2D eigenvalue weighted by molar-refractivity contribution is -0.155. The van der Waals surface area contributed by atoms with Crippen LogP contribution >= 0.6 is 0 Å². The van der Waals surface area contributed by atoms with Gasteiger partial charge in [-0.1, -0.05) is 31.5 Å². The number of hydrogen-bond donors (Lipinski definition) is 1. The molecule has 6 heteroatoms. The molecule has 0 saturated carbocycles. The van der Waals surface area contributed by atoms with Gasteiger partial charge >= 0.3 is 11.9 Å². The predicted octanol–water partition coefficient (Wildman–Crippen LogP) is 3.34. The van der Waals surface area contributed by atoms with E-state index in [9.17, 15) is 14.4 Å². The minimum atomic E-state index is -0.732. The lowest BCUT2D eigenvalue weighted by Crippen LogP contribution is -2.37. The molecule has 3 unspecified atom stereocenters. The van der Waals surface area contributed by atoms with E-state index in [0.29, 0.717) is 5.69 Å². The molecule has 1 rings (SSSR count). The maximum Gasteiger partial charge on any atom is 0.310 e. The van der Waals surface area contributed by atoms with E-state index in [2.05, 4.69) is 5.32 Å². The lowest BCUT2D eigenvalue weighted by Gasteiger charge is -2.26. The van der Waals surface area contributed by atoms with Crippen molar-refractivity contribution >= 4 is 23.5 Å². The Morgan fingerprint density at radius 1 is 1.00 bits per heavy atom. The number of rotatable bonds is 9. The number of hydrogen-bond acceptors (Lipinski definition) is 5. The van der Waals surface area contributed by atoms with Crippen molar-refractivity contribution in [3.8, 4) is 0 Å². The van der Waals surface area contributed by atoms with Crippen LogP contribution in [-0.4, -0.2) is 31.1 Å². The monoisotopic (exact) mass is 363 g/mol. The third-order valence-corrected chi connectivity index (χ3v) is 4.24. The van der Waals surface area contributed by atoms with Gasteiger partial charge in [0.1, 0.15) is 0 Å². The number of amides is 1. The second-order valence-electron chi connectivity index (χ2n) is 6.41. The highest BCUT2D eigenvalue weighted by Crippen LogP contribution is 2.27. The molecule has 0 aliphatic carbocycles. The average molecular weight is 363 g/mol. The van der Waals surface area contributed by atoms with Crippen molar-refractivity contribution in [2.45, 2.75) is 41.0 Å². The van der Waals surface area contributed by atoms with Crippen LogP contribution in [0.1, 0.15) is 39.7 Å². The molecule has 0 heterocycles. The van der Waals surface area contributed by atoms with Crippen LogP contribution < -0.4 is 5.32 Å². The third kappa shape index (κ3) is 6.50. The largest absolute Gasteiger partial charge is 0.466 e. The van der Waals surface area contributed by atoms with Crippen LogP contribution in [0, 0.1) is 24.7 Å². The summed E-state index contributed by atoms with van der Waals surface area (Å²) in [5.74, 6) is -2.92. The second-order valence-corrected chi connectivity index (χ2v) is 6.41. The van der Waals surface area contributed by atoms with E-state index in [-0.39, 0.29) is 37.4 Å². The Balaban J connectivity index is 2.89. The van der Waals surface area contributed by atoms with E-state index in [1.165, 1.54) is 0 Å². The van der Waals surface area contributed by atoms with E-state index in [1.54, 1.807) is 39.8 Å². The Labute approximate surface area is 155 Å². The molecule has 0 aromatic heterocycles. The maximum absolute atomic E-state index is 12.6. The Kier molecular flexibility index (Phi) is 8.82.